The van der Waals surface area contributed by atoms with E-state index in [1.807, 2.05) is 12.1 Å². The van der Waals surface area contributed by atoms with Crippen molar-refractivity contribution < 1.29 is 4.79 Å². The van der Waals surface area contributed by atoms with Crippen LogP contribution in [-0.4, -0.2) is 16.0 Å². The summed E-state index contributed by atoms with van der Waals surface area (Å²) >= 11 is 5.13. The van der Waals surface area contributed by atoms with Crippen LogP contribution in [0.2, 0.25) is 0 Å². The Kier molecular flexibility index (Phi) is 4.34. The molecule has 2 saturated carbocycles. The molecule has 2 fully saturated rings. The van der Waals surface area contributed by atoms with Crippen LogP contribution in [0.3, 0.4) is 0 Å². The van der Waals surface area contributed by atoms with Crippen molar-refractivity contribution >= 4 is 28.9 Å². The number of fused-ring (bicyclic) bond motifs is 2. The first kappa shape index (κ1) is 14.3. The predicted molar refractivity (Wildman–Crippen MR) is 85.3 cm³/mol. The Hall–Kier alpha value is -1.69. The van der Waals surface area contributed by atoms with Crippen LogP contribution in [0.25, 0.3) is 0 Å². The lowest BCUT2D eigenvalue weighted by Crippen LogP contribution is -2.44. The number of nitrogens with zero attached hydrogens (tertiary/aromatic N) is 1. The van der Waals surface area contributed by atoms with Gasteiger partial charge < -0.3 is 5.32 Å². The smallest absolute Gasteiger partial charge is 0.238 e. The Morgan fingerprint density at radius 2 is 2.24 bits per heavy atom. The van der Waals surface area contributed by atoms with Crippen molar-refractivity contribution in [2.45, 2.75) is 32.1 Å². The van der Waals surface area contributed by atoms with Crippen molar-refractivity contribution in [3.8, 4) is 0 Å². The van der Waals surface area contributed by atoms with Gasteiger partial charge >= 0.3 is 0 Å². The number of pyridine rings is 1. The number of carbonyl (C=O) groups excluding carboxylic acids is 1. The van der Waals surface area contributed by atoms with Crippen LogP contribution in [-0.2, 0) is 4.79 Å². The zero-order chi connectivity index (χ0) is 14.7. The first-order chi connectivity index (χ1) is 10.2. The third kappa shape index (κ3) is 3.69. The lowest BCUT2D eigenvalue weighted by molar-refractivity contribution is -0.122. The summed E-state index contributed by atoms with van der Waals surface area (Å²) in [4.78, 5) is 15.9. The maximum absolute atomic E-state index is 12.0. The van der Waals surface area contributed by atoms with Crippen molar-refractivity contribution in [3.63, 3.8) is 0 Å². The number of nitrogens with one attached hydrogen (secondary N) is 3. The molecule has 0 spiro atoms. The molecule has 21 heavy (non-hydrogen) atoms. The molecule has 112 valence electrons. The first-order valence-corrected chi connectivity index (χ1v) is 7.87. The molecule has 3 rings (SSSR count). The van der Waals surface area contributed by atoms with Gasteiger partial charge in [0.1, 0.15) is 0 Å². The van der Waals surface area contributed by atoms with Gasteiger partial charge in [-0.3, -0.25) is 20.6 Å². The van der Waals surface area contributed by atoms with Gasteiger partial charge in [-0.15, -0.1) is 0 Å². The summed E-state index contributed by atoms with van der Waals surface area (Å²) in [5.41, 5.74) is 6.21. The molecule has 0 aromatic carbocycles. The summed E-state index contributed by atoms with van der Waals surface area (Å²) in [6.45, 7) is 0. The molecule has 3 unspecified atom stereocenters. The molecule has 2 bridgehead atoms. The van der Waals surface area contributed by atoms with E-state index >= 15 is 0 Å². The molecular formula is C15H20N4OS. The van der Waals surface area contributed by atoms with Gasteiger partial charge in [0.25, 0.3) is 0 Å². The van der Waals surface area contributed by atoms with Gasteiger partial charge in [0.05, 0.1) is 11.9 Å². The highest BCUT2D eigenvalue weighted by molar-refractivity contribution is 7.80. The highest BCUT2D eigenvalue weighted by Gasteiger charge is 2.40. The van der Waals surface area contributed by atoms with E-state index in [0.29, 0.717) is 17.5 Å². The Labute approximate surface area is 129 Å². The van der Waals surface area contributed by atoms with E-state index in [1.54, 1.807) is 12.4 Å². The predicted octanol–water partition coefficient (Wildman–Crippen LogP) is 2.23. The van der Waals surface area contributed by atoms with E-state index in [-0.39, 0.29) is 5.91 Å². The number of hydrazine groups is 1. The Morgan fingerprint density at radius 1 is 1.33 bits per heavy atom. The van der Waals surface area contributed by atoms with Crippen LogP contribution in [0.4, 0.5) is 5.69 Å². The van der Waals surface area contributed by atoms with Crippen molar-refractivity contribution in [1.82, 2.24) is 15.8 Å². The Balaban J connectivity index is 1.38. The lowest BCUT2D eigenvalue weighted by Gasteiger charge is -2.21. The Bertz CT molecular complexity index is 522. The Morgan fingerprint density at radius 3 is 2.90 bits per heavy atom. The molecule has 6 heteroatoms. The minimum Gasteiger partial charge on any atom is -0.330 e. The zero-order valence-electron chi connectivity index (χ0n) is 11.8. The molecular weight excluding hydrogens is 284 g/mol. The third-order valence-electron chi connectivity index (χ3n) is 4.57. The highest BCUT2D eigenvalue weighted by atomic mass is 32.1. The van der Waals surface area contributed by atoms with Gasteiger partial charge in [0.15, 0.2) is 5.11 Å². The van der Waals surface area contributed by atoms with Crippen LogP contribution in [0.5, 0.6) is 0 Å². The van der Waals surface area contributed by atoms with Gasteiger partial charge in [-0.25, -0.2) is 0 Å². The minimum atomic E-state index is 0.0166. The molecule has 0 saturated heterocycles. The second-order valence-corrected chi connectivity index (χ2v) is 6.42. The molecule has 5 nitrogen and oxygen atoms in total. The summed E-state index contributed by atoms with van der Waals surface area (Å²) in [6, 6.07) is 3.68. The van der Waals surface area contributed by atoms with Crippen molar-refractivity contribution in [2.24, 2.45) is 17.8 Å². The zero-order valence-corrected chi connectivity index (χ0v) is 12.7. The molecule has 3 N–H and O–H groups in total. The number of hydrogen-bond acceptors (Lipinski definition) is 3. The monoisotopic (exact) mass is 304 g/mol. The van der Waals surface area contributed by atoms with Crippen LogP contribution in [0.15, 0.2) is 24.5 Å². The maximum Gasteiger partial charge on any atom is 0.238 e. The second kappa shape index (κ2) is 6.39. The number of aromatic nitrogens is 1. The van der Waals surface area contributed by atoms with E-state index < -0.39 is 0 Å². The average Bonchev–Trinajstić information content (AvgIpc) is 3.09. The fourth-order valence-corrected chi connectivity index (χ4v) is 3.81. The van der Waals surface area contributed by atoms with E-state index in [0.717, 1.165) is 17.5 Å². The van der Waals surface area contributed by atoms with Gasteiger partial charge in [-0.05, 0) is 61.4 Å². The summed E-state index contributed by atoms with van der Waals surface area (Å²) in [5, 5.41) is 3.33. The SMILES string of the molecule is O=C(CC1CC2CCC1C2)NNC(=S)Nc1cccnc1. The number of rotatable bonds is 3. The van der Waals surface area contributed by atoms with Crippen molar-refractivity contribution in [3.05, 3.63) is 24.5 Å². The van der Waals surface area contributed by atoms with Gasteiger partial charge in [0, 0.05) is 12.6 Å². The lowest BCUT2D eigenvalue weighted by atomic mass is 9.86. The quantitative estimate of drug-likeness (QED) is 0.590. The van der Waals surface area contributed by atoms with Crippen LogP contribution >= 0.6 is 12.2 Å². The van der Waals surface area contributed by atoms with Crippen LogP contribution < -0.4 is 16.2 Å². The van der Waals surface area contributed by atoms with E-state index in [9.17, 15) is 4.79 Å². The minimum absolute atomic E-state index is 0.0166. The van der Waals surface area contributed by atoms with Crippen LogP contribution in [0, 0.1) is 17.8 Å². The number of hydrogen-bond donors (Lipinski definition) is 3. The number of anilines is 1. The van der Waals surface area contributed by atoms with Gasteiger partial charge in [-0.2, -0.15) is 0 Å². The number of amides is 1. The normalized spacial score (nSPS) is 26.4. The molecule has 1 aromatic rings. The van der Waals surface area contributed by atoms with E-state index in [2.05, 4.69) is 21.2 Å². The third-order valence-corrected chi connectivity index (χ3v) is 4.77. The summed E-state index contributed by atoms with van der Waals surface area (Å²) in [5.74, 6) is 2.21. The largest absolute Gasteiger partial charge is 0.330 e. The fraction of sp³-hybridized carbons (Fsp3) is 0.533. The fourth-order valence-electron chi connectivity index (χ4n) is 3.64. The summed E-state index contributed by atoms with van der Waals surface area (Å²) < 4.78 is 0. The summed E-state index contributed by atoms with van der Waals surface area (Å²) in [6.07, 6.45) is 9.17. The molecule has 2 aliphatic rings. The van der Waals surface area contributed by atoms with Crippen molar-refractivity contribution in [2.75, 3.05) is 5.32 Å². The first-order valence-electron chi connectivity index (χ1n) is 7.46. The molecule has 1 aromatic heterocycles. The molecule has 0 aliphatic heterocycles. The number of thiocarbonyl (C=S) groups is 1. The summed E-state index contributed by atoms with van der Waals surface area (Å²) in [7, 11) is 0. The molecule has 1 amide bonds. The van der Waals surface area contributed by atoms with Gasteiger partial charge in [0.2, 0.25) is 5.91 Å². The van der Waals surface area contributed by atoms with Gasteiger partial charge in [-0.1, -0.05) is 6.42 Å². The molecule has 0 radical (unpaired) electrons. The average molecular weight is 304 g/mol. The highest BCUT2D eigenvalue weighted by Crippen LogP contribution is 2.49. The second-order valence-electron chi connectivity index (χ2n) is 6.01. The molecule has 2 aliphatic carbocycles. The molecule has 3 atom stereocenters. The molecule has 1 heterocycles. The van der Waals surface area contributed by atoms with E-state index in [1.165, 1.54) is 25.7 Å². The van der Waals surface area contributed by atoms with E-state index in [4.69, 9.17) is 12.2 Å². The topological polar surface area (TPSA) is 66.1 Å². The maximum atomic E-state index is 12.0. The van der Waals surface area contributed by atoms with Crippen molar-refractivity contribution in [1.29, 1.82) is 0 Å². The number of carbonyl (C=O) groups is 1. The standard InChI is InChI=1S/C15H20N4OS/c20-14(8-12-7-10-3-4-11(12)6-10)18-19-15(21)17-13-2-1-5-16-9-13/h1-2,5,9-12H,3-4,6-8H2,(H,18,20)(H2,17,19,21). The van der Waals surface area contributed by atoms with Crippen LogP contribution in [0.1, 0.15) is 32.1 Å².